The van der Waals surface area contributed by atoms with E-state index in [4.69, 9.17) is 0 Å². The van der Waals surface area contributed by atoms with Crippen LogP contribution in [-0.2, 0) is 6.54 Å². The maximum atomic E-state index is 4.45. The van der Waals surface area contributed by atoms with Gasteiger partial charge >= 0.3 is 0 Å². The Bertz CT molecular complexity index is 345. The lowest BCUT2D eigenvalue weighted by Gasteiger charge is -2.16. The Morgan fingerprint density at radius 1 is 1.47 bits per heavy atom. The molecule has 1 aromatic rings. The largest absolute Gasteiger partial charge is 0.310 e. The second kappa shape index (κ2) is 5.67. The zero-order chi connectivity index (χ0) is 12.3. The Balaban J connectivity index is 2.02. The van der Waals surface area contributed by atoms with E-state index in [0.717, 1.165) is 31.3 Å². The van der Waals surface area contributed by atoms with Crippen molar-refractivity contribution in [3.8, 4) is 0 Å². The van der Waals surface area contributed by atoms with Gasteiger partial charge in [0, 0.05) is 24.3 Å². The Labute approximate surface area is 105 Å². The smallest absolute Gasteiger partial charge is 0.0537 e. The van der Waals surface area contributed by atoms with E-state index >= 15 is 0 Å². The van der Waals surface area contributed by atoms with Crippen LogP contribution in [0, 0.1) is 11.8 Å². The summed E-state index contributed by atoms with van der Waals surface area (Å²) in [5.41, 5.74) is 1.38. The third-order valence-corrected chi connectivity index (χ3v) is 3.68. The first-order valence-electron chi connectivity index (χ1n) is 7.02. The molecule has 1 fully saturated rings. The molecule has 3 atom stereocenters. The molecule has 0 bridgehead atoms. The summed E-state index contributed by atoms with van der Waals surface area (Å²) >= 11 is 0. The number of hydrogen-bond acceptors (Lipinski definition) is 2. The van der Waals surface area contributed by atoms with E-state index in [1.165, 1.54) is 18.4 Å². The van der Waals surface area contributed by atoms with Gasteiger partial charge in [-0.25, -0.2) is 0 Å². The van der Waals surface area contributed by atoms with Gasteiger partial charge in [0.25, 0.3) is 0 Å². The maximum Gasteiger partial charge on any atom is 0.0537 e. The van der Waals surface area contributed by atoms with Crippen LogP contribution in [0.5, 0.6) is 0 Å². The van der Waals surface area contributed by atoms with Crippen LogP contribution in [0.1, 0.15) is 51.6 Å². The molecule has 0 saturated heterocycles. The lowest BCUT2D eigenvalue weighted by atomic mass is 10.0. The van der Waals surface area contributed by atoms with E-state index < -0.39 is 0 Å². The fourth-order valence-electron chi connectivity index (χ4n) is 2.52. The summed E-state index contributed by atoms with van der Waals surface area (Å²) in [6.07, 6.45) is 7.98. The van der Waals surface area contributed by atoms with E-state index in [-0.39, 0.29) is 0 Å². The Morgan fingerprint density at radius 3 is 2.82 bits per heavy atom. The van der Waals surface area contributed by atoms with Crippen LogP contribution in [0.4, 0.5) is 0 Å². The molecule has 96 valence electrons. The fourth-order valence-corrected chi connectivity index (χ4v) is 2.52. The van der Waals surface area contributed by atoms with Gasteiger partial charge in [-0.05, 0) is 37.6 Å². The Hall–Kier alpha value is -0.830. The molecular formula is C14H25N3. The number of aryl methyl sites for hydroxylation is 1. The van der Waals surface area contributed by atoms with Gasteiger partial charge in [-0.2, -0.15) is 5.10 Å². The number of nitrogens with one attached hydrogen (secondary N) is 1. The zero-order valence-corrected chi connectivity index (χ0v) is 11.3. The number of aromatic nitrogens is 2. The summed E-state index contributed by atoms with van der Waals surface area (Å²) in [7, 11) is 0. The molecular weight excluding hydrogens is 210 g/mol. The topological polar surface area (TPSA) is 29.9 Å². The number of nitrogens with zero attached hydrogens (tertiary/aromatic N) is 2. The van der Waals surface area contributed by atoms with Gasteiger partial charge in [0.15, 0.2) is 0 Å². The van der Waals surface area contributed by atoms with Gasteiger partial charge in [0.2, 0.25) is 0 Å². The molecule has 0 radical (unpaired) electrons. The molecule has 1 aliphatic carbocycles. The second-order valence-corrected chi connectivity index (χ2v) is 5.35. The number of hydrogen-bond donors (Lipinski definition) is 1. The third kappa shape index (κ3) is 3.09. The molecule has 3 heteroatoms. The van der Waals surface area contributed by atoms with Crippen molar-refractivity contribution in [2.24, 2.45) is 11.8 Å². The fraction of sp³-hybridized carbons (Fsp3) is 0.786. The van der Waals surface area contributed by atoms with Gasteiger partial charge in [-0.3, -0.25) is 4.68 Å². The van der Waals surface area contributed by atoms with Crippen LogP contribution in [-0.4, -0.2) is 16.3 Å². The van der Waals surface area contributed by atoms with Crippen LogP contribution < -0.4 is 5.32 Å². The van der Waals surface area contributed by atoms with E-state index in [0.29, 0.717) is 6.04 Å². The van der Waals surface area contributed by atoms with E-state index in [2.05, 4.69) is 42.1 Å². The van der Waals surface area contributed by atoms with Crippen molar-refractivity contribution in [3.63, 3.8) is 0 Å². The highest BCUT2D eigenvalue weighted by Gasteiger charge is 2.40. The first kappa shape index (κ1) is 12.6. The minimum Gasteiger partial charge on any atom is -0.310 e. The Kier molecular flexibility index (Phi) is 4.21. The standard InChI is InChI=1S/C14H25N3/c1-4-6-15-14(13-8-11(13)3)12-9-16-17(10-12)7-5-2/h9-11,13-15H,4-8H2,1-3H3. The molecule has 0 aromatic carbocycles. The maximum absolute atomic E-state index is 4.45. The predicted molar refractivity (Wildman–Crippen MR) is 70.8 cm³/mol. The molecule has 1 aromatic heterocycles. The molecule has 0 spiro atoms. The predicted octanol–water partition coefficient (Wildman–Crippen LogP) is 2.99. The molecule has 1 aliphatic rings. The van der Waals surface area contributed by atoms with Crippen molar-refractivity contribution < 1.29 is 0 Å². The van der Waals surface area contributed by atoms with Crippen LogP contribution in [0.25, 0.3) is 0 Å². The van der Waals surface area contributed by atoms with Crippen molar-refractivity contribution >= 4 is 0 Å². The lowest BCUT2D eigenvalue weighted by Crippen LogP contribution is -2.24. The summed E-state index contributed by atoms with van der Waals surface area (Å²) in [5.74, 6) is 1.69. The SMILES string of the molecule is CCCNC(c1cnn(CCC)c1)C1CC1C. The molecule has 17 heavy (non-hydrogen) atoms. The van der Waals surface area contributed by atoms with Crippen molar-refractivity contribution in [2.45, 2.75) is 52.6 Å². The molecule has 0 aliphatic heterocycles. The highest BCUT2D eigenvalue weighted by atomic mass is 15.3. The monoisotopic (exact) mass is 235 g/mol. The highest BCUT2D eigenvalue weighted by Crippen LogP contribution is 2.46. The van der Waals surface area contributed by atoms with Gasteiger partial charge in [0.1, 0.15) is 0 Å². The van der Waals surface area contributed by atoms with Gasteiger partial charge < -0.3 is 5.32 Å². The van der Waals surface area contributed by atoms with Gasteiger partial charge in [0.05, 0.1) is 6.20 Å². The van der Waals surface area contributed by atoms with Crippen molar-refractivity contribution in [1.29, 1.82) is 0 Å². The van der Waals surface area contributed by atoms with E-state index in [9.17, 15) is 0 Å². The number of rotatable bonds is 7. The summed E-state index contributed by atoms with van der Waals surface area (Å²) in [6, 6.07) is 0.524. The van der Waals surface area contributed by atoms with Crippen LogP contribution in [0.15, 0.2) is 12.4 Å². The molecule has 3 unspecified atom stereocenters. The van der Waals surface area contributed by atoms with Crippen LogP contribution in [0.2, 0.25) is 0 Å². The zero-order valence-electron chi connectivity index (χ0n) is 11.3. The van der Waals surface area contributed by atoms with Crippen molar-refractivity contribution in [2.75, 3.05) is 6.54 Å². The van der Waals surface area contributed by atoms with Crippen LogP contribution >= 0.6 is 0 Å². The first-order valence-corrected chi connectivity index (χ1v) is 7.02. The van der Waals surface area contributed by atoms with E-state index in [1.54, 1.807) is 0 Å². The van der Waals surface area contributed by atoms with Crippen LogP contribution in [0.3, 0.4) is 0 Å². The summed E-state index contributed by atoms with van der Waals surface area (Å²) in [6.45, 7) is 8.90. The molecule has 2 rings (SSSR count). The van der Waals surface area contributed by atoms with E-state index in [1.807, 2.05) is 6.20 Å². The van der Waals surface area contributed by atoms with Gasteiger partial charge in [-0.1, -0.05) is 20.8 Å². The minimum atomic E-state index is 0.524. The minimum absolute atomic E-state index is 0.524. The quantitative estimate of drug-likeness (QED) is 0.787. The molecule has 1 saturated carbocycles. The normalized spacial score (nSPS) is 24.9. The lowest BCUT2D eigenvalue weighted by molar-refractivity contribution is 0.462. The average molecular weight is 235 g/mol. The Morgan fingerprint density at radius 2 is 2.24 bits per heavy atom. The summed E-state index contributed by atoms with van der Waals surface area (Å²) < 4.78 is 2.07. The molecule has 1 heterocycles. The summed E-state index contributed by atoms with van der Waals surface area (Å²) in [4.78, 5) is 0. The molecule has 0 amide bonds. The highest BCUT2D eigenvalue weighted by molar-refractivity contribution is 5.15. The van der Waals surface area contributed by atoms with Crippen molar-refractivity contribution in [3.05, 3.63) is 18.0 Å². The third-order valence-electron chi connectivity index (χ3n) is 3.68. The van der Waals surface area contributed by atoms with Gasteiger partial charge in [-0.15, -0.1) is 0 Å². The first-order chi connectivity index (χ1) is 8.26. The average Bonchev–Trinajstić information content (AvgIpc) is 2.85. The molecule has 3 nitrogen and oxygen atoms in total. The molecule has 1 N–H and O–H groups in total. The van der Waals surface area contributed by atoms with Crippen molar-refractivity contribution in [1.82, 2.24) is 15.1 Å². The second-order valence-electron chi connectivity index (χ2n) is 5.35. The summed E-state index contributed by atoms with van der Waals surface area (Å²) in [5, 5.41) is 8.13.